The molecule has 0 N–H and O–H groups in total. The van der Waals surface area contributed by atoms with E-state index in [-0.39, 0.29) is 6.03 Å². The molecule has 0 spiro atoms. The molecule has 0 aromatic carbocycles. The third-order valence-electron chi connectivity index (χ3n) is 2.30. The summed E-state index contributed by atoms with van der Waals surface area (Å²) in [7, 11) is 1.85. The fraction of sp³-hybridized carbons (Fsp3) is 0.857. The number of hydrogen-bond donors (Lipinski definition) is 0. The molecule has 0 unspecified atom stereocenters. The maximum Gasteiger partial charge on any atom is 0.335 e. The summed E-state index contributed by atoms with van der Waals surface area (Å²) in [5, 5.41) is 3.97. The second kappa shape index (κ2) is 2.37. The van der Waals surface area contributed by atoms with E-state index >= 15 is 0 Å². The van der Waals surface area contributed by atoms with Gasteiger partial charge >= 0.3 is 6.03 Å². The standard InChI is InChI=1S/C7H13N3O/c1-8-6-9-4-2-3-5-10(9)7(8)11/h2-6H2,1H3. The van der Waals surface area contributed by atoms with Gasteiger partial charge in [0, 0.05) is 20.1 Å². The number of carbonyl (C=O) groups is 1. The highest BCUT2D eigenvalue weighted by molar-refractivity contribution is 5.75. The van der Waals surface area contributed by atoms with Crippen LogP contribution in [0.1, 0.15) is 12.8 Å². The van der Waals surface area contributed by atoms with E-state index in [0.29, 0.717) is 0 Å². The lowest BCUT2D eigenvalue weighted by molar-refractivity contribution is 0.0237. The Kier molecular flexibility index (Phi) is 1.49. The quantitative estimate of drug-likeness (QED) is 0.503. The zero-order valence-electron chi connectivity index (χ0n) is 6.79. The zero-order valence-corrected chi connectivity index (χ0v) is 6.79. The molecule has 0 aromatic rings. The van der Waals surface area contributed by atoms with Crippen LogP contribution >= 0.6 is 0 Å². The van der Waals surface area contributed by atoms with Gasteiger partial charge in [-0.2, -0.15) is 5.01 Å². The van der Waals surface area contributed by atoms with E-state index in [0.717, 1.165) is 26.2 Å². The van der Waals surface area contributed by atoms with Gasteiger partial charge in [0.15, 0.2) is 0 Å². The number of rotatable bonds is 0. The maximum absolute atomic E-state index is 11.3. The predicted molar refractivity (Wildman–Crippen MR) is 40.7 cm³/mol. The summed E-state index contributed by atoms with van der Waals surface area (Å²) in [6.45, 7) is 2.72. The highest BCUT2D eigenvalue weighted by Gasteiger charge is 2.34. The number of carbonyl (C=O) groups excluding carboxylic acids is 1. The first-order valence-corrected chi connectivity index (χ1v) is 4.06. The van der Waals surface area contributed by atoms with E-state index in [4.69, 9.17) is 0 Å². The lowest BCUT2D eigenvalue weighted by atomic mass is 10.2. The van der Waals surface area contributed by atoms with Gasteiger partial charge < -0.3 is 4.90 Å². The smallest absolute Gasteiger partial charge is 0.312 e. The van der Waals surface area contributed by atoms with E-state index in [1.807, 2.05) is 12.1 Å². The minimum Gasteiger partial charge on any atom is -0.312 e. The Labute approximate surface area is 66.3 Å². The molecular formula is C7H13N3O. The molecule has 4 nitrogen and oxygen atoms in total. The summed E-state index contributed by atoms with van der Waals surface area (Å²) in [4.78, 5) is 13.1. The van der Waals surface area contributed by atoms with Gasteiger partial charge in [-0.1, -0.05) is 0 Å². The van der Waals surface area contributed by atoms with Gasteiger partial charge in [-0.05, 0) is 12.8 Å². The van der Waals surface area contributed by atoms with Crippen LogP contribution in [0.5, 0.6) is 0 Å². The topological polar surface area (TPSA) is 26.8 Å². The number of amides is 2. The molecule has 0 atom stereocenters. The van der Waals surface area contributed by atoms with Crippen molar-refractivity contribution in [2.45, 2.75) is 12.8 Å². The largest absolute Gasteiger partial charge is 0.335 e. The van der Waals surface area contributed by atoms with E-state index in [2.05, 4.69) is 5.01 Å². The molecule has 0 aromatic heterocycles. The van der Waals surface area contributed by atoms with Crippen LogP contribution < -0.4 is 0 Å². The number of hydrogen-bond acceptors (Lipinski definition) is 2. The van der Waals surface area contributed by atoms with Crippen molar-refractivity contribution >= 4 is 6.03 Å². The molecule has 2 saturated heterocycles. The van der Waals surface area contributed by atoms with Crippen molar-refractivity contribution in [3.63, 3.8) is 0 Å². The molecule has 11 heavy (non-hydrogen) atoms. The van der Waals surface area contributed by atoms with Gasteiger partial charge in [-0.25, -0.2) is 4.79 Å². The molecule has 2 heterocycles. The lowest BCUT2D eigenvalue weighted by Gasteiger charge is -2.30. The van der Waals surface area contributed by atoms with Crippen molar-refractivity contribution in [1.29, 1.82) is 0 Å². The van der Waals surface area contributed by atoms with Crippen LogP contribution in [-0.4, -0.2) is 47.8 Å². The van der Waals surface area contributed by atoms with Crippen molar-refractivity contribution < 1.29 is 4.79 Å². The van der Waals surface area contributed by atoms with Crippen LogP contribution in [0.4, 0.5) is 4.79 Å². The molecule has 0 saturated carbocycles. The van der Waals surface area contributed by atoms with E-state index in [1.165, 1.54) is 6.42 Å². The fourth-order valence-electron chi connectivity index (χ4n) is 1.68. The van der Waals surface area contributed by atoms with Gasteiger partial charge in [-0.3, -0.25) is 5.01 Å². The molecule has 2 aliphatic rings. The first-order chi connectivity index (χ1) is 5.29. The van der Waals surface area contributed by atoms with E-state index in [9.17, 15) is 4.79 Å². The third kappa shape index (κ3) is 0.976. The average Bonchev–Trinajstić information content (AvgIpc) is 2.30. The number of nitrogens with zero attached hydrogens (tertiary/aromatic N) is 3. The lowest BCUT2D eigenvalue weighted by Crippen LogP contribution is -2.43. The molecular weight excluding hydrogens is 142 g/mol. The summed E-state index contributed by atoms with van der Waals surface area (Å²) in [6.07, 6.45) is 2.37. The molecule has 4 heteroatoms. The second-order valence-corrected chi connectivity index (χ2v) is 3.18. The minimum atomic E-state index is 0.157. The summed E-state index contributed by atoms with van der Waals surface area (Å²) in [6, 6.07) is 0.157. The Morgan fingerprint density at radius 1 is 1.27 bits per heavy atom. The Balaban J connectivity index is 2.11. The summed E-state index contributed by atoms with van der Waals surface area (Å²) in [5.74, 6) is 0. The molecule has 2 amide bonds. The Morgan fingerprint density at radius 2 is 2.00 bits per heavy atom. The van der Waals surface area contributed by atoms with E-state index < -0.39 is 0 Å². The van der Waals surface area contributed by atoms with Crippen LogP contribution in [0.2, 0.25) is 0 Å². The number of urea groups is 1. The highest BCUT2D eigenvalue weighted by atomic mass is 16.2. The van der Waals surface area contributed by atoms with Crippen LogP contribution in [0, 0.1) is 0 Å². The number of fused-ring (bicyclic) bond motifs is 1. The molecule has 62 valence electrons. The molecule has 0 bridgehead atoms. The van der Waals surface area contributed by atoms with Crippen LogP contribution in [-0.2, 0) is 0 Å². The van der Waals surface area contributed by atoms with Gasteiger partial charge in [0.25, 0.3) is 0 Å². The molecule has 2 rings (SSSR count). The third-order valence-corrected chi connectivity index (χ3v) is 2.30. The molecule has 0 radical (unpaired) electrons. The van der Waals surface area contributed by atoms with Gasteiger partial charge in [-0.15, -0.1) is 0 Å². The predicted octanol–water partition coefficient (Wildman–Crippen LogP) is 0.322. The summed E-state index contributed by atoms with van der Waals surface area (Å²) in [5.41, 5.74) is 0. The molecule has 2 fully saturated rings. The minimum absolute atomic E-state index is 0.157. The van der Waals surface area contributed by atoms with Crippen molar-refractivity contribution in [3.05, 3.63) is 0 Å². The summed E-state index contributed by atoms with van der Waals surface area (Å²) < 4.78 is 0. The monoisotopic (exact) mass is 155 g/mol. The molecule has 2 aliphatic heterocycles. The van der Waals surface area contributed by atoms with Crippen molar-refractivity contribution in [2.75, 3.05) is 26.8 Å². The zero-order chi connectivity index (χ0) is 7.84. The summed E-state index contributed by atoms with van der Waals surface area (Å²) >= 11 is 0. The second-order valence-electron chi connectivity index (χ2n) is 3.18. The average molecular weight is 155 g/mol. The first kappa shape index (κ1) is 6.91. The van der Waals surface area contributed by atoms with Crippen molar-refractivity contribution in [1.82, 2.24) is 14.9 Å². The Morgan fingerprint density at radius 3 is 2.73 bits per heavy atom. The van der Waals surface area contributed by atoms with Gasteiger partial charge in [0.2, 0.25) is 0 Å². The van der Waals surface area contributed by atoms with Gasteiger partial charge in [0.05, 0.1) is 6.67 Å². The Bertz CT molecular complexity index is 183. The maximum atomic E-state index is 11.3. The molecule has 0 aliphatic carbocycles. The fourth-order valence-corrected chi connectivity index (χ4v) is 1.68. The van der Waals surface area contributed by atoms with E-state index in [1.54, 1.807) is 4.90 Å². The number of hydrazine groups is 1. The van der Waals surface area contributed by atoms with Gasteiger partial charge in [0.1, 0.15) is 0 Å². The van der Waals surface area contributed by atoms with Crippen molar-refractivity contribution in [2.24, 2.45) is 0 Å². The highest BCUT2D eigenvalue weighted by Crippen LogP contribution is 2.18. The van der Waals surface area contributed by atoms with Crippen molar-refractivity contribution in [3.8, 4) is 0 Å². The first-order valence-electron chi connectivity index (χ1n) is 4.06. The Hall–Kier alpha value is -0.770. The van der Waals surface area contributed by atoms with Crippen LogP contribution in [0.15, 0.2) is 0 Å². The SMILES string of the molecule is CN1CN2CCCCN2C1=O. The normalized spacial score (nSPS) is 26.1. The van der Waals surface area contributed by atoms with Crippen LogP contribution in [0.3, 0.4) is 0 Å². The van der Waals surface area contributed by atoms with Crippen LogP contribution in [0.25, 0.3) is 0 Å².